The molecule has 0 radical (unpaired) electrons. The molecule has 0 amide bonds. The standard InChI is InChI=1S/C17H17N3/c1-11-5-4-6-12(2)17(11)14-7-8-15(18-10-14)16-9-13(3)19-20-16/h4-10H,1-3H3,(H,19,20)/i1D3. The van der Waals surface area contributed by atoms with Gasteiger partial charge in [-0.05, 0) is 49.5 Å². The van der Waals surface area contributed by atoms with E-state index in [1.54, 1.807) is 18.3 Å². The number of nitrogens with zero attached hydrogens (tertiary/aromatic N) is 2. The summed E-state index contributed by atoms with van der Waals surface area (Å²) in [6.07, 6.45) is 1.71. The number of hydrogen-bond donors (Lipinski definition) is 1. The van der Waals surface area contributed by atoms with Crippen LogP contribution in [0.4, 0.5) is 0 Å². The van der Waals surface area contributed by atoms with Crippen LogP contribution in [-0.4, -0.2) is 15.2 Å². The molecule has 0 aliphatic heterocycles. The van der Waals surface area contributed by atoms with E-state index in [1.165, 1.54) is 0 Å². The molecular formula is C17H17N3. The summed E-state index contributed by atoms with van der Waals surface area (Å²) >= 11 is 0. The Morgan fingerprint density at radius 1 is 1.05 bits per heavy atom. The molecule has 1 N–H and O–H groups in total. The van der Waals surface area contributed by atoms with Crippen molar-refractivity contribution in [1.29, 1.82) is 0 Å². The lowest BCUT2D eigenvalue weighted by Crippen LogP contribution is -1.90. The molecule has 2 aromatic heterocycles. The molecule has 0 bridgehead atoms. The van der Waals surface area contributed by atoms with Crippen molar-refractivity contribution in [3.8, 4) is 22.5 Å². The van der Waals surface area contributed by atoms with Gasteiger partial charge in [-0.1, -0.05) is 24.3 Å². The van der Waals surface area contributed by atoms with E-state index in [-0.39, 0.29) is 0 Å². The minimum absolute atomic E-state index is 0.350. The molecule has 3 rings (SSSR count). The van der Waals surface area contributed by atoms with Gasteiger partial charge in [0.05, 0.1) is 5.69 Å². The van der Waals surface area contributed by atoms with Gasteiger partial charge < -0.3 is 0 Å². The number of aromatic amines is 1. The van der Waals surface area contributed by atoms with Gasteiger partial charge in [0.15, 0.2) is 0 Å². The number of pyridine rings is 1. The number of aryl methyl sites for hydroxylation is 3. The predicted octanol–water partition coefficient (Wildman–Crippen LogP) is 4.06. The lowest BCUT2D eigenvalue weighted by molar-refractivity contribution is 1.04. The van der Waals surface area contributed by atoms with Crippen molar-refractivity contribution in [3.05, 3.63) is 59.4 Å². The number of H-pyrrole nitrogens is 1. The fourth-order valence-electron chi connectivity index (χ4n) is 2.29. The van der Waals surface area contributed by atoms with Gasteiger partial charge in [-0.2, -0.15) is 5.10 Å². The maximum atomic E-state index is 7.74. The second kappa shape index (κ2) is 4.93. The molecule has 2 heterocycles. The molecule has 3 heteroatoms. The molecular weight excluding hydrogens is 246 g/mol. The molecule has 0 fully saturated rings. The van der Waals surface area contributed by atoms with Gasteiger partial charge >= 0.3 is 0 Å². The number of aromatic nitrogens is 3. The van der Waals surface area contributed by atoms with Crippen LogP contribution in [-0.2, 0) is 0 Å². The monoisotopic (exact) mass is 266 g/mol. The number of nitrogens with one attached hydrogen (secondary N) is 1. The minimum Gasteiger partial charge on any atom is -0.282 e. The average Bonchev–Trinajstić information content (AvgIpc) is 2.93. The smallest absolute Gasteiger partial charge is 0.111 e. The molecule has 0 aliphatic carbocycles. The van der Waals surface area contributed by atoms with E-state index in [9.17, 15) is 0 Å². The second-order valence-electron chi connectivity index (χ2n) is 4.87. The molecule has 100 valence electrons. The third-order valence-corrected chi connectivity index (χ3v) is 3.29. The third kappa shape index (κ3) is 2.23. The summed E-state index contributed by atoms with van der Waals surface area (Å²) in [6.45, 7) is 1.69. The summed E-state index contributed by atoms with van der Waals surface area (Å²) in [5.74, 6) is 0. The number of benzene rings is 1. The normalized spacial score (nSPS) is 13.6. The first kappa shape index (κ1) is 9.48. The first-order valence-electron chi connectivity index (χ1n) is 7.95. The van der Waals surface area contributed by atoms with Gasteiger partial charge in [0.1, 0.15) is 5.69 Å². The van der Waals surface area contributed by atoms with Crippen molar-refractivity contribution in [1.82, 2.24) is 15.2 Å². The van der Waals surface area contributed by atoms with Crippen molar-refractivity contribution < 1.29 is 4.11 Å². The maximum absolute atomic E-state index is 7.74. The topological polar surface area (TPSA) is 41.6 Å². The minimum atomic E-state index is -2.15. The first-order valence-corrected chi connectivity index (χ1v) is 6.45. The molecule has 0 atom stereocenters. The summed E-state index contributed by atoms with van der Waals surface area (Å²) in [7, 11) is 0. The quantitative estimate of drug-likeness (QED) is 0.759. The van der Waals surface area contributed by atoms with Crippen LogP contribution >= 0.6 is 0 Å². The van der Waals surface area contributed by atoms with Crippen LogP contribution in [0.15, 0.2) is 42.6 Å². The Hall–Kier alpha value is -2.42. The Balaban J connectivity index is 2.07. The van der Waals surface area contributed by atoms with Gasteiger partial charge in [0.25, 0.3) is 0 Å². The first-order chi connectivity index (χ1) is 10.9. The Bertz CT molecular complexity index is 833. The van der Waals surface area contributed by atoms with Gasteiger partial charge in [0, 0.05) is 21.6 Å². The van der Waals surface area contributed by atoms with Crippen LogP contribution in [0.2, 0.25) is 0 Å². The van der Waals surface area contributed by atoms with Crippen LogP contribution < -0.4 is 0 Å². The highest BCUT2D eigenvalue weighted by Gasteiger charge is 2.07. The van der Waals surface area contributed by atoms with Gasteiger partial charge in [-0.3, -0.25) is 10.1 Å². The average molecular weight is 266 g/mol. The van der Waals surface area contributed by atoms with Crippen LogP contribution in [0.3, 0.4) is 0 Å². The Labute approximate surface area is 122 Å². The van der Waals surface area contributed by atoms with Crippen LogP contribution in [0.1, 0.15) is 20.9 Å². The molecule has 1 aromatic carbocycles. The summed E-state index contributed by atoms with van der Waals surface area (Å²) in [4.78, 5) is 4.44. The van der Waals surface area contributed by atoms with Crippen molar-refractivity contribution in [2.75, 3.05) is 0 Å². The lowest BCUT2D eigenvalue weighted by Gasteiger charge is -2.09. The predicted molar refractivity (Wildman–Crippen MR) is 81.5 cm³/mol. The van der Waals surface area contributed by atoms with E-state index < -0.39 is 6.85 Å². The highest BCUT2D eigenvalue weighted by Crippen LogP contribution is 2.27. The molecule has 3 aromatic rings. The molecule has 3 nitrogen and oxygen atoms in total. The molecule has 0 spiro atoms. The Kier molecular flexibility index (Phi) is 2.34. The zero-order valence-corrected chi connectivity index (χ0v) is 11.4. The van der Waals surface area contributed by atoms with Gasteiger partial charge in [-0.15, -0.1) is 0 Å². The Morgan fingerprint density at radius 2 is 1.90 bits per heavy atom. The van der Waals surface area contributed by atoms with Crippen molar-refractivity contribution in [2.24, 2.45) is 0 Å². The highest BCUT2D eigenvalue weighted by atomic mass is 15.1. The summed E-state index contributed by atoms with van der Waals surface area (Å²) < 4.78 is 23.2. The molecule has 0 saturated carbocycles. The zero-order valence-electron chi connectivity index (χ0n) is 14.4. The van der Waals surface area contributed by atoms with E-state index in [0.717, 1.165) is 33.8 Å². The zero-order chi connectivity index (χ0) is 16.6. The SMILES string of the molecule is [2H]C([2H])([2H])c1cccc(C)c1-c1ccc(-c2cc(C)[nH]n2)nc1. The molecule has 0 unspecified atom stereocenters. The van der Waals surface area contributed by atoms with Crippen LogP contribution in [0, 0.1) is 20.7 Å². The van der Waals surface area contributed by atoms with Crippen LogP contribution in [0.5, 0.6) is 0 Å². The Morgan fingerprint density at radius 3 is 2.55 bits per heavy atom. The van der Waals surface area contributed by atoms with Crippen molar-refractivity contribution in [3.63, 3.8) is 0 Å². The van der Waals surface area contributed by atoms with E-state index in [4.69, 9.17) is 4.11 Å². The van der Waals surface area contributed by atoms with Gasteiger partial charge in [0.2, 0.25) is 0 Å². The fraction of sp³-hybridized carbons (Fsp3) is 0.176. The lowest BCUT2D eigenvalue weighted by atomic mass is 9.97. The molecule has 20 heavy (non-hydrogen) atoms. The highest BCUT2D eigenvalue weighted by molar-refractivity contribution is 5.71. The van der Waals surface area contributed by atoms with E-state index in [2.05, 4.69) is 15.2 Å². The van der Waals surface area contributed by atoms with E-state index in [1.807, 2.05) is 38.1 Å². The third-order valence-electron chi connectivity index (χ3n) is 3.29. The summed E-state index contributed by atoms with van der Waals surface area (Å²) in [6, 6.07) is 11.0. The fourth-order valence-corrected chi connectivity index (χ4v) is 2.29. The maximum Gasteiger partial charge on any atom is 0.111 e. The van der Waals surface area contributed by atoms with Crippen LogP contribution in [0.25, 0.3) is 22.5 Å². The summed E-state index contributed by atoms with van der Waals surface area (Å²) in [5, 5.41) is 7.07. The number of rotatable bonds is 2. The second-order valence-corrected chi connectivity index (χ2v) is 4.87. The van der Waals surface area contributed by atoms with E-state index >= 15 is 0 Å². The molecule has 0 aliphatic rings. The van der Waals surface area contributed by atoms with E-state index in [0.29, 0.717) is 5.56 Å². The van der Waals surface area contributed by atoms with Crippen molar-refractivity contribution >= 4 is 0 Å². The van der Waals surface area contributed by atoms with Crippen molar-refractivity contribution in [2.45, 2.75) is 20.7 Å². The summed E-state index contributed by atoms with van der Waals surface area (Å²) in [5.41, 5.74) is 5.29. The van der Waals surface area contributed by atoms with Gasteiger partial charge in [-0.25, -0.2) is 0 Å². The largest absolute Gasteiger partial charge is 0.282 e. The number of hydrogen-bond acceptors (Lipinski definition) is 2. The molecule has 0 saturated heterocycles.